The Hall–Kier alpha value is -1.62. The fourth-order valence-corrected chi connectivity index (χ4v) is 2.74. The van der Waals surface area contributed by atoms with Gasteiger partial charge in [-0.2, -0.15) is 0 Å². The molecule has 0 aliphatic carbocycles. The van der Waals surface area contributed by atoms with Crippen molar-refractivity contribution in [2.24, 2.45) is 5.92 Å². The van der Waals surface area contributed by atoms with E-state index in [0.29, 0.717) is 12.0 Å². The molecule has 5 nitrogen and oxygen atoms in total. The average molecular weight is 318 g/mol. The summed E-state index contributed by atoms with van der Waals surface area (Å²) in [4.78, 5) is 18.5. The Bertz CT molecular complexity index is 469. The Morgan fingerprint density at radius 3 is 2.52 bits per heavy atom. The minimum Gasteiger partial charge on any atom is -0.335 e. The van der Waals surface area contributed by atoms with Crippen LogP contribution in [0.3, 0.4) is 0 Å². The van der Waals surface area contributed by atoms with Gasteiger partial charge < -0.3 is 15.5 Å². The van der Waals surface area contributed by atoms with Crippen LogP contribution in [-0.2, 0) is 6.42 Å². The molecule has 128 valence electrons. The lowest BCUT2D eigenvalue weighted by atomic mass is 10.0. The molecule has 1 unspecified atom stereocenters. The lowest BCUT2D eigenvalue weighted by Crippen LogP contribution is -2.50. The highest BCUT2D eigenvalue weighted by atomic mass is 16.2. The molecule has 0 bridgehead atoms. The number of urea groups is 1. The lowest BCUT2D eigenvalue weighted by molar-refractivity contribution is 0.191. The van der Waals surface area contributed by atoms with Crippen LogP contribution >= 0.6 is 0 Å². The lowest BCUT2D eigenvalue weighted by Gasteiger charge is -2.32. The van der Waals surface area contributed by atoms with Gasteiger partial charge in [0, 0.05) is 44.1 Å². The van der Waals surface area contributed by atoms with E-state index in [0.717, 1.165) is 38.9 Å². The fourth-order valence-electron chi connectivity index (χ4n) is 2.74. The summed E-state index contributed by atoms with van der Waals surface area (Å²) < 4.78 is 0. The molecule has 0 spiro atoms. The molecular weight excluding hydrogens is 288 g/mol. The highest BCUT2D eigenvalue weighted by Crippen LogP contribution is 2.11. The first-order chi connectivity index (χ1) is 11.0. The molecule has 1 aliphatic rings. The maximum atomic E-state index is 12.0. The van der Waals surface area contributed by atoms with Crippen LogP contribution in [0.25, 0.3) is 0 Å². The smallest absolute Gasteiger partial charge is 0.315 e. The topological polar surface area (TPSA) is 57.3 Å². The van der Waals surface area contributed by atoms with Crippen LogP contribution in [0.15, 0.2) is 24.5 Å². The van der Waals surface area contributed by atoms with Gasteiger partial charge in [-0.1, -0.05) is 13.8 Å². The van der Waals surface area contributed by atoms with Crippen LogP contribution in [0.4, 0.5) is 4.79 Å². The minimum absolute atomic E-state index is 0.0264. The Morgan fingerprint density at radius 1 is 1.26 bits per heavy atom. The molecule has 0 saturated carbocycles. The number of rotatable bonds is 6. The quantitative estimate of drug-likeness (QED) is 0.847. The van der Waals surface area contributed by atoms with Gasteiger partial charge in [-0.3, -0.25) is 4.98 Å². The van der Waals surface area contributed by atoms with Crippen LogP contribution in [0.5, 0.6) is 0 Å². The zero-order chi connectivity index (χ0) is 16.7. The summed E-state index contributed by atoms with van der Waals surface area (Å²) in [5, 5.41) is 6.13. The van der Waals surface area contributed by atoms with Gasteiger partial charge in [0.05, 0.1) is 0 Å². The molecule has 1 aromatic heterocycles. The number of nitrogens with zero attached hydrogens (tertiary/aromatic N) is 2. The fraction of sp³-hybridized carbons (Fsp3) is 0.667. The molecule has 2 rings (SSSR count). The minimum atomic E-state index is -0.0264. The number of hydrogen-bond acceptors (Lipinski definition) is 3. The Balaban J connectivity index is 1.65. The molecule has 2 amide bonds. The first-order valence-corrected chi connectivity index (χ1v) is 8.73. The van der Waals surface area contributed by atoms with Crippen LogP contribution in [0.1, 0.15) is 39.2 Å². The van der Waals surface area contributed by atoms with Crippen molar-refractivity contribution in [3.63, 3.8) is 0 Å². The van der Waals surface area contributed by atoms with Gasteiger partial charge in [0.25, 0.3) is 0 Å². The highest BCUT2D eigenvalue weighted by Gasteiger charge is 2.21. The van der Waals surface area contributed by atoms with E-state index >= 15 is 0 Å². The zero-order valence-corrected chi connectivity index (χ0v) is 14.6. The van der Waals surface area contributed by atoms with Crippen molar-refractivity contribution < 1.29 is 4.79 Å². The molecule has 1 saturated heterocycles. The Kier molecular flexibility index (Phi) is 6.84. The second-order valence-corrected chi connectivity index (χ2v) is 6.87. The third-order valence-electron chi connectivity index (χ3n) is 4.75. The van der Waals surface area contributed by atoms with Crippen molar-refractivity contribution in [3.05, 3.63) is 30.1 Å². The molecule has 1 aromatic rings. The van der Waals surface area contributed by atoms with E-state index < -0.39 is 0 Å². The standard InChI is InChI=1S/C18H30N4O/c1-14(2)15(3)20-18(23)21-17-7-12-22(13-8-17)11-6-16-4-9-19-10-5-16/h4-5,9-10,14-15,17H,6-8,11-13H2,1-3H3,(H2,20,21,23). The second kappa shape index (κ2) is 8.87. The first-order valence-electron chi connectivity index (χ1n) is 8.73. The second-order valence-electron chi connectivity index (χ2n) is 6.87. The number of carbonyl (C=O) groups excluding carboxylic acids is 1. The van der Waals surface area contributed by atoms with Crippen molar-refractivity contribution in [1.82, 2.24) is 20.5 Å². The van der Waals surface area contributed by atoms with E-state index in [9.17, 15) is 4.79 Å². The summed E-state index contributed by atoms with van der Waals surface area (Å²) in [5.41, 5.74) is 1.34. The largest absolute Gasteiger partial charge is 0.335 e. The van der Waals surface area contributed by atoms with Gasteiger partial charge >= 0.3 is 6.03 Å². The molecule has 1 atom stereocenters. The molecule has 2 heterocycles. The van der Waals surface area contributed by atoms with Crippen molar-refractivity contribution in [2.75, 3.05) is 19.6 Å². The van der Waals surface area contributed by atoms with Gasteiger partial charge in [-0.25, -0.2) is 4.79 Å². The van der Waals surface area contributed by atoms with Crippen LogP contribution < -0.4 is 10.6 Å². The summed E-state index contributed by atoms with van der Waals surface area (Å²) in [6.45, 7) is 9.46. The summed E-state index contributed by atoms with van der Waals surface area (Å²) >= 11 is 0. The molecule has 0 radical (unpaired) electrons. The van der Waals surface area contributed by atoms with Gasteiger partial charge in [-0.15, -0.1) is 0 Å². The molecular formula is C18H30N4O. The monoisotopic (exact) mass is 318 g/mol. The van der Waals surface area contributed by atoms with Gasteiger partial charge in [0.2, 0.25) is 0 Å². The normalized spacial score (nSPS) is 17.9. The number of pyridine rings is 1. The van der Waals surface area contributed by atoms with E-state index in [1.807, 2.05) is 19.3 Å². The molecule has 0 aromatic carbocycles. The van der Waals surface area contributed by atoms with Crippen molar-refractivity contribution in [3.8, 4) is 0 Å². The number of likely N-dealkylation sites (tertiary alicyclic amines) is 1. The van der Waals surface area contributed by atoms with Crippen LogP contribution in [-0.4, -0.2) is 47.6 Å². The van der Waals surface area contributed by atoms with Crippen LogP contribution in [0, 0.1) is 5.92 Å². The third-order valence-corrected chi connectivity index (χ3v) is 4.75. The number of nitrogens with one attached hydrogen (secondary N) is 2. The predicted octanol–water partition coefficient (Wildman–Crippen LogP) is 2.43. The zero-order valence-electron chi connectivity index (χ0n) is 14.6. The van der Waals surface area contributed by atoms with Gasteiger partial charge in [0.1, 0.15) is 0 Å². The highest BCUT2D eigenvalue weighted by molar-refractivity contribution is 5.74. The van der Waals surface area contributed by atoms with E-state index in [4.69, 9.17) is 0 Å². The number of hydrogen-bond donors (Lipinski definition) is 2. The first kappa shape index (κ1) is 17.7. The van der Waals surface area contributed by atoms with Crippen molar-refractivity contribution in [1.29, 1.82) is 0 Å². The van der Waals surface area contributed by atoms with E-state index in [1.165, 1.54) is 5.56 Å². The number of carbonyl (C=O) groups is 1. The van der Waals surface area contributed by atoms with Gasteiger partial charge in [-0.05, 0) is 49.8 Å². The SMILES string of the molecule is CC(C)C(C)NC(=O)NC1CCN(CCc2ccncc2)CC1. The number of piperidine rings is 1. The third kappa shape index (κ3) is 6.18. The van der Waals surface area contributed by atoms with E-state index in [-0.39, 0.29) is 12.1 Å². The van der Waals surface area contributed by atoms with Crippen molar-refractivity contribution in [2.45, 2.75) is 52.1 Å². The molecule has 1 fully saturated rings. The average Bonchev–Trinajstić information content (AvgIpc) is 2.55. The molecule has 1 aliphatic heterocycles. The summed E-state index contributed by atoms with van der Waals surface area (Å²) in [6, 6.07) is 4.63. The number of aromatic nitrogens is 1. The molecule has 2 N–H and O–H groups in total. The van der Waals surface area contributed by atoms with Crippen LogP contribution in [0.2, 0.25) is 0 Å². The summed E-state index contributed by atoms with van der Waals surface area (Å²) in [6.07, 6.45) is 6.82. The summed E-state index contributed by atoms with van der Waals surface area (Å²) in [5.74, 6) is 0.454. The number of amides is 2. The maximum Gasteiger partial charge on any atom is 0.315 e. The predicted molar refractivity (Wildman–Crippen MR) is 93.4 cm³/mol. The van der Waals surface area contributed by atoms with E-state index in [2.05, 4.69) is 46.5 Å². The Labute approximate surface area is 139 Å². The molecule has 5 heteroatoms. The Morgan fingerprint density at radius 2 is 1.91 bits per heavy atom. The van der Waals surface area contributed by atoms with Crippen molar-refractivity contribution >= 4 is 6.03 Å². The van der Waals surface area contributed by atoms with Gasteiger partial charge in [0.15, 0.2) is 0 Å². The summed E-state index contributed by atoms with van der Waals surface area (Å²) in [7, 11) is 0. The van der Waals surface area contributed by atoms with E-state index in [1.54, 1.807) is 0 Å². The maximum absolute atomic E-state index is 12.0. The molecule has 23 heavy (non-hydrogen) atoms.